The number of aryl methyl sites for hydroxylation is 3. The summed E-state index contributed by atoms with van der Waals surface area (Å²) in [6, 6.07) is 11.5. The number of amides is 1. The highest BCUT2D eigenvalue weighted by Crippen LogP contribution is 2.44. The highest BCUT2D eigenvalue weighted by molar-refractivity contribution is 6.09. The zero-order valence-corrected chi connectivity index (χ0v) is 16.2. The first-order valence-electron chi connectivity index (χ1n) is 9.08. The number of Topliss-reactive ketones (excluding diaryl/α,β-unsaturated/α-hetero) is 1. The van der Waals surface area contributed by atoms with Crippen LogP contribution in [-0.2, 0) is 15.2 Å². The molecule has 1 aliphatic rings. The van der Waals surface area contributed by atoms with Gasteiger partial charge in [-0.05, 0) is 44.9 Å². The molecule has 0 bridgehead atoms. The highest BCUT2D eigenvalue weighted by Gasteiger charge is 2.50. The number of carbonyl (C=O) groups is 2. The Morgan fingerprint density at radius 2 is 1.85 bits per heavy atom. The molecule has 0 radical (unpaired) electrons. The van der Waals surface area contributed by atoms with Gasteiger partial charge >= 0.3 is 0 Å². The summed E-state index contributed by atoms with van der Waals surface area (Å²) >= 11 is 0. The molecular weight excluding hydrogens is 342 g/mol. The fourth-order valence-electron chi connectivity index (χ4n) is 3.78. The number of ketones is 1. The maximum absolute atomic E-state index is 13.1. The Morgan fingerprint density at radius 1 is 1.15 bits per heavy atom. The van der Waals surface area contributed by atoms with Crippen molar-refractivity contribution in [2.45, 2.75) is 39.7 Å². The molecular formula is C22H25NO4. The molecule has 0 saturated heterocycles. The quantitative estimate of drug-likeness (QED) is 0.851. The molecule has 0 unspecified atom stereocenters. The Labute approximate surface area is 159 Å². The molecule has 5 nitrogen and oxygen atoms in total. The fourth-order valence-corrected chi connectivity index (χ4v) is 3.78. The summed E-state index contributed by atoms with van der Waals surface area (Å²) in [5.41, 5.74) is 2.25. The van der Waals surface area contributed by atoms with Crippen LogP contribution in [-0.4, -0.2) is 29.9 Å². The van der Waals surface area contributed by atoms with Crippen molar-refractivity contribution < 1.29 is 19.4 Å². The first kappa shape index (κ1) is 19.1. The Kier molecular flexibility index (Phi) is 5.07. The Balaban J connectivity index is 1.89. The summed E-state index contributed by atoms with van der Waals surface area (Å²) in [7, 11) is 0. The number of carbonyl (C=O) groups excluding carboxylic acids is 2. The Bertz CT molecular complexity index is 905. The molecule has 1 heterocycles. The van der Waals surface area contributed by atoms with E-state index < -0.39 is 11.5 Å². The summed E-state index contributed by atoms with van der Waals surface area (Å²) in [5.74, 6) is 0.0766. The smallest absolute Gasteiger partial charge is 0.264 e. The number of rotatable bonds is 6. The van der Waals surface area contributed by atoms with E-state index in [1.807, 2.05) is 51.1 Å². The van der Waals surface area contributed by atoms with Gasteiger partial charge in [-0.3, -0.25) is 9.59 Å². The second-order valence-corrected chi connectivity index (χ2v) is 7.29. The highest BCUT2D eigenvalue weighted by atomic mass is 16.5. The van der Waals surface area contributed by atoms with E-state index in [0.29, 0.717) is 24.4 Å². The van der Waals surface area contributed by atoms with Gasteiger partial charge in [0.1, 0.15) is 18.1 Å². The number of benzene rings is 2. The van der Waals surface area contributed by atoms with Crippen LogP contribution in [0, 0.1) is 20.8 Å². The van der Waals surface area contributed by atoms with Gasteiger partial charge in [0, 0.05) is 12.0 Å². The maximum Gasteiger partial charge on any atom is 0.264 e. The lowest BCUT2D eigenvalue weighted by Gasteiger charge is -2.22. The standard InChI is InChI=1S/C22H25NO4/c1-14-11-16(3)20-18(12-14)22(26,13-17(4)24)21(25)23(20)9-10-27-19-8-6-5-7-15(19)2/h5-8,11-12,26H,9-10,13H2,1-4H3/t22-/m1/s1. The molecule has 3 rings (SSSR count). The second-order valence-electron chi connectivity index (χ2n) is 7.29. The van der Waals surface area contributed by atoms with Crippen LogP contribution >= 0.6 is 0 Å². The molecule has 1 N–H and O–H groups in total. The van der Waals surface area contributed by atoms with Gasteiger partial charge in [-0.1, -0.05) is 35.9 Å². The van der Waals surface area contributed by atoms with Crippen molar-refractivity contribution in [3.05, 3.63) is 58.7 Å². The Morgan fingerprint density at radius 3 is 2.52 bits per heavy atom. The summed E-state index contributed by atoms with van der Waals surface area (Å²) in [4.78, 5) is 26.3. The summed E-state index contributed by atoms with van der Waals surface area (Å²) in [6.45, 7) is 7.76. The number of fused-ring (bicyclic) bond motifs is 1. The van der Waals surface area contributed by atoms with E-state index in [1.54, 1.807) is 11.0 Å². The Hall–Kier alpha value is -2.66. The van der Waals surface area contributed by atoms with Gasteiger partial charge in [0.2, 0.25) is 0 Å². The van der Waals surface area contributed by atoms with Crippen LogP contribution in [0.2, 0.25) is 0 Å². The van der Waals surface area contributed by atoms with Crippen molar-refractivity contribution in [3.63, 3.8) is 0 Å². The molecule has 1 aliphatic heterocycles. The largest absolute Gasteiger partial charge is 0.491 e. The first-order chi connectivity index (χ1) is 12.7. The number of hydrogen-bond acceptors (Lipinski definition) is 4. The van der Waals surface area contributed by atoms with Crippen LogP contribution in [0.1, 0.15) is 35.6 Å². The SMILES string of the molecule is CC(=O)C[C@]1(O)C(=O)N(CCOc2ccccc2C)c2c(C)cc(C)cc21. The van der Waals surface area contributed by atoms with Crippen LogP contribution in [0.4, 0.5) is 5.69 Å². The van der Waals surface area contributed by atoms with Crippen molar-refractivity contribution in [2.75, 3.05) is 18.1 Å². The maximum atomic E-state index is 13.1. The van der Waals surface area contributed by atoms with E-state index in [4.69, 9.17) is 4.74 Å². The van der Waals surface area contributed by atoms with Gasteiger partial charge in [0.05, 0.1) is 12.2 Å². The van der Waals surface area contributed by atoms with Crippen molar-refractivity contribution >= 4 is 17.4 Å². The van der Waals surface area contributed by atoms with Gasteiger partial charge in [-0.2, -0.15) is 0 Å². The van der Waals surface area contributed by atoms with Crippen LogP contribution in [0.25, 0.3) is 0 Å². The minimum atomic E-state index is -1.80. The van der Waals surface area contributed by atoms with Crippen LogP contribution in [0.3, 0.4) is 0 Å². The van der Waals surface area contributed by atoms with Crippen molar-refractivity contribution in [1.29, 1.82) is 0 Å². The van der Waals surface area contributed by atoms with E-state index in [2.05, 4.69) is 0 Å². The van der Waals surface area contributed by atoms with Gasteiger partial charge in [0.25, 0.3) is 5.91 Å². The normalized spacial score (nSPS) is 18.6. The number of hydrogen-bond donors (Lipinski definition) is 1. The average molecular weight is 367 g/mol. The third-order valence-electron chi connectivity index (χ3n) is 4.93. The van der Waals surface area contributed by atoms with Gasteiger partial charge in [-0.15, -0.1) is 0 Å². The van der Waals surface area contributed by atoms with Crippen LogP contribution in [0.15, 0.2) is 36.4 Å². The van der Waals surface area contributed by atoms with Crippen LogP contribution < -0.4 is 9.64 Å². The van der Waals surface area contributed by atoms with Crippen molar-refractivity contribution in [1.82, 2.24) is 0 Å². The zero-order valence-electron chi connectivity index (χ0n) is 16.2. The molecule has 5 heteroatoms. The van der Waals surface area contributed by atoms with E-state index in [9.17, 15) is 14.7 Å². The number of para-hydroxylation sites is 1. The van der Waals surface area contributed by atoms with Gasteiger partial charge < -0.3 is 14.7 Å². The van der Waals surface area contributed by atoms with Gasteiger partial charge in [0.15, 0.2) is 5.60 Å². The number of anilines is 1. The first-order valence-corrected chi connectivity index (χ1v) is 9.08. The minimum Gasteiger partial charge on any atom is -0.491 e. The van der Waals surface area contributed by atoms with E-state index in [1.165, 1.54) is 6.92 Å². The molecule has 2 aromatic rings. The lowest BCUT2D eigenvalue weighted by atomic mass is 9.88. The van der Waals surface area contributed by atoms with E-state index >= 15 is 0 Å². The molecule has 2 aromatic carbocycles. The minimum absolute atomic E-state index is 0.225. The fraction of sp³-hybridized carbons (Fsp3) is 0.364. The molecule has 0 fully saturated rings. The van der Waals surface area contributed by atoms with Crippen LogP contribution in [0.5, 0.6) is 5.75 Å². The lowest BCUT2D eigenvalue weighted by Crippen LogP contribution is -2.43. The lowest BCUT2D eigenvalue weighted by molar-refractivity contribution is -0.141. The third-order valence-corrected chi connectivity index (χ3v) is 4.93. The summed E-state index contributed by atoms with van der Waals surface area (Å²) in [5, 5.41) is 11.1. The van der Waals surface area contributed by atoms with Crippen molar-refractivity contribution in [3.8, 4) is 5.75 Å². The summed E-state index contributed by atoms with van der Waals surface area (Å²) < 4.78 is 5.83. The van der Waals surface area contributed by atoms with E-state index in [0.717, 1.165) is 22.4 Å². The predicted octanol–water partition coefficient (Wildman–Crippen LogP) is 3.20. The number of aliphatic hydroxyl groups is 1. The molecule has 0 aromatic heterocycles. The predicted molar refractivity (Wildman–Crippen MR) is 104 cm³/mol. The topological polar surface area (TPSA) is 66.8 Å². The zero-order chi connectivity index (χ0) is 19.8. The average Bonchev–Trinajstić information content (AvgIpc) is 2.78. The molecule has 0 saturated carbocycles. The molecule has 1 atom stereocenters. The molecule has 27 heavy (non-hydrogen) atoms. The summed E-state index contributed by atoms with van der Waals surface area (Å²) in [6.07, 6.45) is -0.225. The molecule has 1 amide bonds. The number of nitrogens with zero attached hydrogens (tertiary/aromatic N) is 1. The third kappa shape index (κ3) is 3.47. The molecule has 142 valence electrons. The van der Waals surface area contributed by atoms with Gasteiger partial charge in [-0.25, -0.2) is 0 Å². The second kappa shape index (κ2) is 7.16. The monoisotopic (exact) mass is 367 g/mol. The van der Waals surface area contributed by atoms with Crippen molar-refractivity contribution in [2.24, 2.45) is 0 Å². The number of ether oxygens (including phenoxy) is 1. The molecule has 0 aliphatic carbocycles. The molecule has 0 spiro atoms. The van der Waals surface area contributed by atoms with E-state index in [-0.39, 0.29) is 12.2 Å².